The first-order valence-electron chi connectivity index (χ1n) is 7.69. The summed E-state index contributed by atoms with van der Waals surface area (Å²) in [6.45, 7) is 3.73. The predicted molar refractivity (Wildman–Crippen MR) is 80.3 cm³/mol. The Hall–Kier alpha value is -2.54. The molecule has 0 radical (unpaired) electrons. The highest BCUT2D eigenvalue weighted by Gasteiger charge is 2.32. The van der Waals surface area contributed by atoms with Gasteiger partial charge in [-0.1, -0.05) is 11.2 Å². The number of hydrogen-bond acceptors (Lipinski definition) is 5. The minimum absolute atomic E-state index is 0.442. The molecular formula is C16H18N5O2+. The molecule has 1 atom stereocenters. The zero-order valence-electron chi connectivity index (χ0n) is 13.0. The van der Waals surface area contributed by atoms with Gasteiger partial charge in [0.25, 0.3) is 5.69 Å². The van der Waals surface area contributed by atoms with Crippen molar-refractivity contribution in [1.29, 1.82) is 0 Å². The molecule has 1 fully saturated rings. The number of aromatic amines is 1. The van der Waals surface area contributed by atoms with Crippen molar-refractivity contribution in [3.8, 4) is 11.3 Å². The highest BCUT2D eigenvalue weighted by atomic mass is 16.5. The van der Waals surface area contributed by atoms with Gasteiger partial charge < -0.3 is 9.63 Å². The summed E-state index contributed by atoms with van der Waals surface area (Å²) < 4.78 is 5.20. The second kappa shape index (κ2) is 5.27. The molecule has 3 aromatic heterocycles. The summed E-state index contributed by atoms with van der Waals surface area (Å²) in [6.07, 6.45) is 3.13. The summed E-state index contributed by atoms with van der Waals surface area (Å²) in [6, 6.07) is 5.99. The molecule has 1 saturated carbocycles. The number of aliphatic hydroxyl groups excluding tert-OH is 1. The van der Waals surface area contributed by atoms with Crippen LogP contribution in [0.3, 0.4) is 0 Å². The molecule has 7 nitrogen and oxygen atoms in total. The Bertz CT molecular complexity index is 830. The van der Waals surface area contributed by atoms with Crippen LogP contribution in [-0.4, -0.2) is 25.1 Å². The average Bonchev–Trinajstić information content (AvgIpc) is 3.20. The fraction of sp³-hybridized carbons (Fsp3) is 0.375. The summed E-state index contributed by atoms with van der Waals surface area (Å²) in [4.78, 5) is 6.37. The standard InChI is InChI=1S/C16H17N5O2/c1-9-15(10(2)23-20-9)12-4-3-5-13(18-12)16(22)14-8-17-21(19-14)11-6-7-11/h3-5,8,11,16,22H,6-7H2,1-2H3/p+1. The van der Waals surface area contributed by atoms with E-state index >= 15 is 0 Å². The number of aromatic nitrogens is 5. The minimum atomic E-state index is -0.869. The van der Waals surface area contributed by atoms with Gasteiger partial charge in [0, 0.05) is 5.10 Å². The first-order valence-corrected chi connectivity index (χ1v) is 7.69. The molecule has 1 aliphatic rings. The van der Waals surface area contributed by atoms with Crippen LogP contribution in [0.25, 0.3) is 11.3 Å². The quantitative estimate of drug-likeness (QED) is 0.793. The van der Waals surface area contributed by atoms with E-state index in [1.807, 2.05) is 26.0 Å². The third-order valence-electron chi connectivity index (χ3n) is 4.08. The van der Waals surface area contributed by atoms with Gasteiger partial charge >= 0.3 is 0 Å². The van der Waals surface area contributed by atoms with E-state index in [1.165, 1.54) is 0 Å². The predicted octanol–water partition coefficient (Wildman–Crippen LogP) is 1.78. The van der Waals surface area contributed by atoms with E-state index in [4.69, 9.17) is 4.52 Å². The molecule has 23 heavy (non-hydrogen) atoms. The maximum absolute atomic E-state index is 10.6. The van der Waals surface area contributed by atoms with Crippen molar-refractivity contribution in [1.82, 2.24) is 20.0 Å². The number of aliphatic hydroxyl groups is 1. The molecule has 118 valence electrons. The molecule has 0 spiro atoms. The molecule has 1 unspecified atom stereocenters. The van der Waals surface area contributed by atoms with E-state index in [-0.39, 0.29) is 0 Å². The van der Waals surface area contributed by atoms with Gasteiger partial charge in [-0.15, -0.1) is 0 Å². The van der Waals surface area contributed by atoms with Gasteiger partial charge in [-0.05, 0) is 43.6 Å². The van der Waals surface area contributed by atoms with Crippen LogP contribution >= 0.6 is 0 Å². The molecule has 0 aliphatic heterocycles. The Morgan fingerprint density at radius 1 is 1.30 bits per heavy atom. The van der Waals surface area contributed by atoms with Crippen LogP contribution in [0.5, 0.6) is 0 Å². The Balaban J connectivity index is 1.67. The summed E-state index contributed by atoms with van der Waals surface area (Å²) >= 11 is 0. The number of nitrogens with zero attached hydrogens (tertiary/aromatic N) is 4. The van der Waals surface area contributed by atoms with Gasteiger partial charge in [0.1, 0.15) is 11.8 Å². The van der Waals surface area contributed by atoms with Crippen LogP contribution < -0.4 is 5.10 Å². The number of hydrogen-bond donors (Lipinski definition) is 1. The lowest BCUT2D eigenvalue weighted by atomic mass is 10.1. The maximum Gasteiger partial charge on any atom is 0.252 e. The lowest BCUT2D eigenvalue weighted by Crippen LogP contribution is -2.16. The Morgan fingerprint density at radius 3 is 2.83 bits per heavy atom. The van der Waals surface area contributed by atoms with E-state index in [2.05, 4.69) is 20.3 Å². The van der Waals surface area contributed by atoms with Crippen molar-refractivity contribution < 1.29 is 14.7 Å². The number of nitrogens with one attached hydrogen (secondary N) is 1. The van der Waals surface area contributed by atoms with Crippen molar-refractivity contribution in [2.24, 2.45) is 0 Å². The number of H-pyrrole nitrogens is 1. The molecule has 1 aliphatic carbocycles. The third-order valence-corrected chi connectivity index (χ3v) is 4.08. The lowest BCUT2D eigenvalue weighted by molar-refractivity contribution is -0.497. The smallest absolute Gasteiger partial charge is 0.252 e. The zero-order valence-corrected chi connectivity index (χ0v) is 13.0. The first-order chi connectivity index (χ1) is 11.1. The van der Waals surface area contributed by atoms with Gasteiger partial charge in [-0.2, -0.15) is 5.10 Å². The molecule has 3 aromatic rings. The second-order valence-electron chi connectivity index (χ2n) is 5.92. The Labute approximate surface area is 133 Å². The van der Waals surface area contributed by atoms with E-state index < -0.39 is 6.10 Å². The van der Waals surface area contributed by atoms with E-state index in [9.17, 15) is 5.11 Å². The molecule has 2 N–H and O–H groups in total. The normalized spacial score (nSPS) is 15.8. The zero-order chi connectivity index (χ0) is 16.0. The lowest BCUT2D eigenvalue weighted by Gasteiger charge is -2.06. The fourth-order valence-electron chi connectivity index (χ4n) is 2.70. The number of aryl methyl sites for hydroxylation is 2. The van der Waals surface area contributed by atoms with Gasteiger partial charge in [-0.25, -0.2) is 4.98 Å². The van der Waals surface area contributed by atoms with E-state index in [1.54, 1.807) is 17.1 Å². The van der Waals surface area contributed by atoms with Gasteiger partial charge in [0.2, 0.25) is 0 Å². The van der Waals surface area contributed by atoms with Crippen LogP contribution in [0.2, 0.25) is 0 Å². The summed E-state index contributed by atoms with van der Waals surface area (Å²) in [5.41, 5.74) is 3.52. The monoisotopic (exact) mass is 312 g/mol. The van der Waals surface area contributed by atoms with Crippen molar-refractivity contribution in [2.75, 3.05) is 0 Å². The molecular weight excluding hydrogens is 294 g/mol. The van der Waals surface area contributed by atoms with Crippen molar-refractivity contribution in [2.45, 2.75) is 38.8 Å². The van der Waals surface area contributed by atoms with E-state index in [0.29, 0.717) is 23.2 Å². The SMILES string of the molecule is Cc1noc(C)c1-c1cccc(C(O)c2c[nH+]n(C3CC3)n2)n1. The molecule has 0 bridgehead atoms. The van der Waals surface area contributed by atoms with Crippen LogP contribution in [0.1, 0.15) is 47.8 Å². The largest absolute Gasteiger partial charge is 0.378 e. The number of pyridine rings is 1. The average molecular weight is 312 g/mol. The Kier molecular flexibility index (Phi) is 3.23. The molecule has 0 saturated heterocycles. The van der Waals surface area contributed by atoms with Gasteiger partial charge in [0.05, 0.1) is 22.6 Å². The summed E-state index contributed by atoms with van der Waals surface area (Å²) in [5.74, 6) is 0.716. The van der Waals surface area contributed by atoms with Crippen LogP contribution in [0.4, 0.5) is 0 Å². The minimum Gasteiger partial charge on any atom is -0.378 e. The molecule has 7 heteroatoms. The second-order valence-corrected chi connectivity index (χ2v) is 5.92. The fourth-order valence-corrected chi connectivity index (χ4v) is 2.70. The van der Waals surface area contributed by atoms with Crippen molar-refractivity contribution in [3.05, 3.63) is 47.2 Å². The number of rotatable bonds is 4. The molecule has 0 aromatic carbocycles. The third kappa shape index (κ3) is 2.53. The molecule has 0 amide bonds. The maximum atomic E-state index is 10.6. The molecule has 4 rings (SSSR count). The van der Waals surface area contributed by atoms with Crippen LogP contribution in [0, 0.1) is 13.8 Å². The van der Waals surface area contributed by atoms with Crippen molar-refractivity contribution in [3.63, 3.8) is 0 Å². The first kappa shape index (κ1) is 14.1. The highest BCUT2D eigenvalue weighted by Crippen LogP contribution is 2.33. The Morgan fingerprint density at radius 2 is 2.13 bits per heavy atom. The van der Waals surface area contributed by atoms with E-state index in [0.717, 1.165) is 29.8 Å². The highest BCUT2D eigenvalue weighted by molar-refractivity contribution is 5.63. The van der Waals surface area contributed by atoms with Crippen molar-refractivity contribution >= 4 is 0 Å². The van der Waals surface area contributed by atoms with Crippen LogP contribution in [-0.2, 0) is 0 Å². The van der Waals surface area contributed by atoms with Gasteiger partial charge in [0.15, 0.2) is 12.3 Å². The summed E-state index contributed by atoms with van der Waals surface area (Å²) in [7, 11) is 0. The topological polar surface area (TPSA) is 91.1 Å². The van der Waals surface area contributed by atoms with Crippen LogP contribution in [0.15, 0.2) is 28.9 Å². The molecule has 3 heterocycles. The van der Waals surface area contributed by atoms with Gasteiger partial charge in [-0.3, -0.25) is 0 Å². The summed E-state index contributed by atoms with van der Waals surface area (Å²) in [5, 5.41) is 22.0.